The van der Waals surface area contributed by atoms with E-state index in [0.717, 1.165) is 24.6 Å². The molecule has 0 saturated heterocycles. The Balaban J connectivity index is 1.62. The zero-order valence-electron chi connectivity index (χ0n) is 12.8. The molecule has 2 aromatic heterocycles. The predicted molar refractivity (Wildman–Crippen MR) is 85.5 cm³/mol. The topological polar surface area (TPSA) is 42.7 Å². The molecule has 1 aliphatic carbocycles. The maximum absolute atomic E-state index is 4.66. The van der Waals surface area contributed by atoms with Crippen molar-refractivity contribution in [2.75, 3.05) is 11.9 Å². The van der Waals surface area contributed by atoms with Crippen LogP contribution in [0.3, 0.4) is 0 Å². The third-order valence-electron chi connectivity index (χ3n) is 4.27. The first kappa shape index (κ1) is 14.1. The van der Waals surface area contributed by atoms with E-state index in [0.29, 0.717) is 6.04 Å². The van der Waals surface area contributed by atoms with Gasteiger partial charge in [0.1, 0.15) is 0 Å². The number of rotatable bonds is 5. The molecule has 4 heteroatoms. The zero-order chi connectivity index (χ0) is 14.5. The van der Waals surface area contributed by atoms with E-state index in [1.807, 2.05) is 12.4 Å². The third kappa shape index (κ3) is 3.63. The molecule has 1 aliphatic rings. The van der Waals surface area contributed by atoms with Crippen molar-refractivity contribution in [2.45, 2.75) is 51.5 Å². The van der Waals surface area contributed by atoms with Crippen molar-refractivity contribution < 1.29 is 0 Å². The summed E-state index contributed by atoms with van der Waals surface area (Å²) in [4.78, 5) is 8.71. The van der Waals surface area contributed by atoms with Gasteiger partial charge >= 0.3 is 0 Å². The van der Waals surface area contributed by atoms with Gasteiger partial charge in [-0.25, -0.2) is 4.98 Å². The standard InChI is InChI=1S/C17H24N4/c1-14-13-21(16-5-3-2-4-6-16)17(20-14)19-12-9-15-7-10-18-11-8-15/h7-8,10-11,13,16H,2-6,9,12H2,1H3,(H,19,20). The van der Waals surface area contributed by atoms with Gasteiger partial charge in [0.15, 0.2) is 0 Å². The van der Waals surface area contributed by atoms with Gasteiger partial charge in [-0.05, 0) is 43.9 Å². The van der Waals surface area contributed by atoms with Gasteiger partial charge in [0, 0.05) is 31.2 Å². The van der Waals surface area contributed by atoms with E-state index in [9.17, 15) is 0 Å². The van der Waals surface area contributed by atoms with Crippen molar-refractivity contribution in [1.82, 2.24) is 14.5 Å². The number of pyridine rings is 1. The minimum atomic E-state index is 0.628. The van der Waals surface area contributed by atoms with Gasteiger partial charge < -0.3 is 9.88 Å². The molecule has 0 aromatic carbocycles. The molecule has 0 bridgehead atoms. The van der Waals surface area contributed by atoms with Gasteiger partial charge in [0.2, 0.25) is 5.95 Å². The minimum absolute atomic E-state index is 0.628. The Morgan fingerprint density at radius 3 is 2.71 bits per heavy atom. The molecule has 2 aromatic rings. The molecule has 0 unspecified atom stereocenters. The van der Waals surface area contributed by atoms with Crippen LogP contribution in [-0.4, -0.2) is 21.1 Å². The van der Waals surface area contributed by atoms with E-state index in [4.69, 9.17) is 0 Å². The smallest absolute Gasteiger partial charge is 0.203 e. The Bertz CT molecular complexity index is 555. The quantitative estimate of drug-likeness (QED) is 0.909. The lowest BCUT2D eigenvalue weighted by Gasteiger charge is -2.24. The third-order valence-corrected chi connectivity index (χ3v) is 4.27. The van der Waals surface area contributed by atoms with Crippen LogP contribution in [0.1, 0.15) is 49.4 Å². The Kier molecular flexibility index (Phi) is 4.53. The lowest BCUT2D eigenvalue weighted by molar-refractivity contribution is 0.355. The summed E-state index contributed by atoms with van der Waals surface area (Å²) in [6, 6.07) is 4.77. The average molecular weight is 284 g/mol. The largest absolute Gasteiger partial charge is 0.355 e. The number of hydrogen-bond donors (Lipinski definition) is 1. The van der Waals surface area contributed by atoms with Crippen LogP contribution in [0.2, 0.25) is 0 Å². The average Bonchev–Trinajstić information content (AvgIpc) is 2.90. The lowest BCUT2D eigenvalue weighted by atomic mass is 9.95. The van der Waals surface area contributed by atoms with Crippen LogP contribution in [0.15, 0.2) is 30.7 Å². The number of aryl methyl sites for hydroxylation is 1. The SMILES string of the molecule is Cc1cn(C2CCCCC2)c(NCCc2ccncc2)n1. The van der Waals surface area contributed by atoms with Crippen LogP contribution in [0.4, 0.5) is 5.95 Å². The van der Waals surface area contributed by atoms with Crippen LogP contribution in [0, 0.1) is 6.92 Å². The van der Waals surface area contributed by atoms with Gasteiger partial charge in [-0.15, -0.1) is 0 Å². The highest BCUT2D eigenvalue weighted by Crippen LogP contribution is 2.30. The molecule has 21 heavy (non-hydrogen) atoms. The lowest BCUT2D eigenvalue weighted by Crippen LogP contribution is -2.16. The first-order valence-electron chi connectivity index (χ1n) is 8.01. The molecule has 4 nitrogen and oxygen atoms in total. The number of anilines is 1. The summed E-state index contributed by atoms with van der Waals surface area (Å²) in [5.74, 6) is 1.04. The van der Waals surface area contributed by atoms with E-state index in [1.165, 1.54) is 37.7 Å². The molecule has 0 amide bonds. The zero-order valence-corrected chi connectivity index (χ0v) is 12.8. The molecule has 0 radical (unpaired) electrons. The van der Waals surface area contributed by atoms with Crippen molar-refractivity contribution >= 4 is 5.95 Å². The monoisotopic (exact) mass is 284 g/mol. The van der Waals surface area contributed by atoms with E-state index >= 15 is 0 Å². The molecular formula is C17H24N4. The summed E-state index contributed by atoms with van der Waals surface area (Å²) in [6.45, 7) is 2.99. The van der Waals surface area contributed by atoms with E-state index in [1.54, 1.807) is 0 Å². The molecule has 112 valence electrons. The van der Waals surface area contributed by atoms with Crippen molar-refractivity contribution in [3.05, 3.63) is 42.0 Å². The van der Waals surface area contributed by atoms with Crippen LogP contribution in [0.25, 0.3) is 0 Å². The highest BCUT2D eigenvalue weighted by molar-refractivity contribution is 5.30. The second-order valence-corrected chi connectivity index (χ2v) is 5.94. The normalized spacial score (nSPS) is 16.0. The van der Waals surface area contributed by atoms with E-state index in [-0.39, 0.29) is 0 Å². The van der Waals surface area contributed by atoms with Crippen molar-refractivity contribution in [2.24, 2.45) is 0 Å². The van der Waals surface area contributed by atoms with Crippen LogP contribution < -0.4 is 5.32 Å². The number of nitrogens with one attached hydrogen (secondary N) is 1. The van der Waals surface area contributed by atoms with Crippen molar-refractivity contribution in [3.8, 4) is 0 Å². The summed E-state index contributed by atoms with van der Waals surface area (Å²) in [6.07, 6.45) is 13.5. The predicted octanol–water partition coefficient (Wildman–Crippen LogP) is 3.75. The van der Waals surface area contributed by atoms with Gasteiger partial charge in [0.05, 0.1) is 5.69 Å². The highest BCUT2D eigenvalue weighted by Gasteiger charge is 2.18. The number of imidazole rings is 1. The molecule has 1 fully saturated rings. The second kappa shape index (κ2) is 6.74. The van der Waals surface area contributed by atoms with Gasteiger partial charge in [-0.3, -0.25) is 4.98 Å². The van der Waals surface area contributed by atoms with Gasteiger partial charge in [-0.1, -0.05) is 19.3 Å². The molecule has 0 atom stereocenters. The summed E-state index contributed by atoms with van der Waals surface area (Å²) in [7, 11) is 0. The summed E-state index contributed by atoms with van der Waals surface area (Å²) in [5.41, 5.74) is 2.41. The number of aromatic nitrogens is 3. The number of hydrogen-bond acceptors (Lipinski definition) is 3. The molecular weight excluding hydrogens is 260 g/mol. The Hall–Kier alpha value is -1.84. The van der Waals surface area contributed by atoms with Crippen LogP contribution in [0.5, 0.6) is 0 Å². The Morgan fingerprint density at radius 1 is 1.19 bits per heavy atom. The molecule has 3 rings (SSSR count). The van der Waals surface area contributed by atoms with E-state index in [2.05, 4.69) is 45.1 Å². The fourth-order valence-corrected chi connectivity index (χ4v) is 3.15. The molecule has 0 spiro atoms. The summed E-state index contributed by atoms with van der Waals surface area (Å²) in [5, 5.41) is 3.51. The molecule has 2 heterocycles. The molecule has 1 N–H and O–H groups in total. The van der Waals surface area contributed by atoms with Crippen LogP contribution in [-0.2, 0) is 6.42 Å². The summed E-state index contributed by atoms with van der Waals surface area (Å²) < 4.78 is 2.36. The highest BCUT2D eigenvalue weighted by atomic mass is 15.2. The molecule has 0 aliphatic heterocycles. The Morgan fingerprint density at radius 2 is 1.95 bits per heavy atom. The van der Waals surface area contributed by atoms with Gasteiger partial charge in [-0.2, -0.15) is 0 Å². The fourth-order valence-electron chi connectivity index (χ4n) is 3.15. The van der Waals surface area contributed by atoms with Crippen molar-refractivity contribution in [1.29, 1.82) is 0 Å². The Labute approximate surface area is 126 Å². The second-order valence-electron chi connectivity index (χ2n) is 5.94. The maximum Gasteiger partial charge on any atom is 0.203 e. The first-order chi connectivity index (χ1) is 10.3. The fraction of sp³-hybridized carbons (Fsp3) is 0.529. The van der Waals surface area contributed by atoms with Gasteiger partial charge in [0.25, 0.3) is 0 Å². The maximum atomic E-state index is 4.66. The minimum Gasteiger partial charge on any atom is -0.355 e. The molecule has 1 saturated carbocycles. The summed E-state index contributed by atoms with van der Waals surface area (Å²) >= 11 is 0. The van der Waals surface area contributed by atoms with E-state index < -0.39 is 0 Å². The first-order valence-corrected chi connectivity index (χ1v) is 8.01. The van der Waals surface area contributed by atoms with Crippen LogP contribution >= 0.6 is 0 Å². The number of nitrogens with zero attached hydrogens (tertiary/aromatic N) is 3. The van der Waals surface area contributed by atoms with Crippen molar-refractivity contribution in [3.63, 3.8) is 0 Å².